The van der Waals surface area contributed by atoms with Gasteiger partial charge in [0.15, 0.2) is 5.03 Å². The second-order valence-corrected chi connectivity index (χ2v) is 5.16. The van der Waals surface area contributed by atoms with Crippen molar-refractivity contribution in [2.45, 2.75) is 18.0 Å². The van der Waals surface area contributed by atoms with Gasteiger partial charge in [-0.3, -0.25) is 4.68 Å². The van der Waals surface area contributed by atoms with Gasteiger partial charge in [0.05, 0.1) is 6.61 Å². The molecule has 6 nitrogen and oxygen atoms in total. The van der Waals surface area contributed by atoms with E-state index in [9.17, 15) is 8.42 Å². The van der Waals surface area contributed by atoms with Crippen molar-refractivity contribution in [2.24, 2.45) is 11.1 Å². The number of hydrogen-bond acceptors (Lipinski definition) is 4. The van der Waals surface area contributed by atoms with Crippen molar-refractivity contribution in [3.05, 3.63) is 12.3 Å². The fourth-order valence-corrected chi connectivity index (χ4v) is 2.06. The van der Waals surface area contributed by atoms with Gasteiger partial charge in [-0.05, 0) is 12.5 Å². The lowest BCUT2D eigenvalue weighted by molar-refractivity contribution is 0.181. The Kier molecular flexibility index (Phi) is 2.76. The minimum atomic E-state index is -3.68. The molecule has 84 valence electrons. The summed E-state index contributed by atoms with van der Waals surface area (Å²) in [7, 11) is -3.68. The van der Waals surface area contributed by atoms with Crippen molar-refractivity contribution in [3.8, 4) is 0 Å². The molecule has 0 bridgehead atoms. The zero-order valence-electron chi connectivity index (χ0n) is 8.17. The topological polar surface area (TPSA) is 87.2 Å². The SMILES string of the molecule is NS(=O)(=O)c1ccn(CC2CCOC2)n1. The molecule has 0 aliphatic carbocycles. The summed E-state index contributed by atoms with van der Waals surface area (Å²) in [5, 5.41) is 8.76. The van der Waals surface area contributed by atoms with Crippen LogP contribution in [0.1, 0.15) is 6.42 Å². The number of aromatic nitrogens is 2. The normalized spacial score (nSPS) is 22.1. The lowest BCUT2D eigenvalue weighted by Crippen LogP contribution is -2.15. The Hall–Kier alpha value is -0.920. The van der Waals surface area contributed by atoms with Gasteiger partial charge in [-0.1, -0.05) is 0 Å². The highest BCUT2D eigenvalue weighted by molar-refractivity contribution is 7.89. The molecule has 15 heavy (non-hydrogen) atoms. The van der Waals surface area contributed by atoms with Crippen LogP contribution in [0.25, 0.3) is 0 Å². The van der Waals surface area contributed by atoms with E-state index in [4.69, 9.17) is 9.88 Å². The van der Waals surface area contributed by atoms with Gasteiger partial charge >= 0.3 is 0 Å². The third-order valence-corrected chi connectivity index (χ3v) is 3.18. The Morgan fingerprint density at radius 1 is 1.67 bits per heavy atom. The summed E-state index contributed by atoms with van der Waals surface area (Å²) in [4.78, 5) is 0. The second kappa shape index (κ2) is 3.92. The van der Waals surface area contributed by atoms with Crippen LogP contribution in [-0.2, 0) is 21.3 Å². The molecule has 0 amide bonds. The molecule has 1 atom stereocenters. The number of hydrogen-bond donors (Lipinski definition) is 1. The molecular formula is C8H13N3O3S. The average Bonchev–Trinajstić information content (AvgIpc) is 2.73. The summed E-state index contributed by atoms with van der Waals surface area (Å²) in [5.41, 5.74) is 0. The highest BCUT2D eigenvalue weighted by atomic mass is 32.2. The lowest BCUT2D eigenvalue weighted by Gasteiger charge is -2.06. The number of ether oxygens (including phenoxy) is 1. The van der Waals surface area contributed by atoms with Gasteiger partial charge in [-0.25, -0.2) is 13.6 Å². The molecular weight excluding hydrogens is 218 g/mol. The number of rotatable bonds is 3. The highest BCUT2D eigenvalue weighted by Gasteiger charge is 2.18. The molecule has 1 aromatic rings. The Labute approximate surface area is 88.1 Å². The Balaban J connectivity index is 2.07. The summed E-state index contributed by atoms with van der Waals surface area (Å²) < 4.78 is 28.7. The summed E-state index contributed by atoms with van der Waals surface area (Å²) in [5.74, 6) is 0.415. The first-order valence-electron chi connectivity index (χ1n) is 4.70. The van der Waals surface area contributed by atoms with Crippen LogP contribution in [0.2, 0.25) is 0 Å². The molecule has 2 rings (SSSR count). The van der Waals surface area contributed by atoms with Crippen molar-refractivity contribution in [1.82, 2.24) is 9.78 Å². The van der Waals surface area contributed by atoms with Crippen LogP contribution in [0, 0.1) is 5.92 Å². The van der Waals surface area contributed by atoms with E-state index in [1.54, 1.807) is 10.9 Å². The minimum Gasteiger partial charge on any atom is -0.381 e. The Morgan fingerprint density at radius 2 is 2.47 bits per heavy atom. The molecule has 1 fully saturated rings. The minimum absolute atomic E-state index is 0.0820. The molecule has 7 heteroatoms. The Bertz CT molecular complexity index is 434. The molecule has 1 aliphatic heterocycles. The highest BCUT2D eigenvalue weighted by Crippen LogP contribution is 2.14. The predicted octanol–water partition coefficient (Wildman–Crippen LogP) is -0.433. The van der Waals surface area contributed by atoms with E-state index in [1.807, 2.05) is 0 Å². The van der Waals surface area contributed by atoms with E-state index in [2.05, 4.69) is 5.10 Å². The summed E-state index contributed by atoms with van der Waals surface area (Å²) in [6.45, 7) is 2.16. The van der Waals surface area contributed by atoms with Crippen molar-refractivity contribution >= 4 is 10.0 Å². The first-order valence-corrected chi connectivity index (χ1v) is 6.24. The largest absolute Gasteiger partial charge is 0.381 e. The summed E-state index contributed by atoms with van der Waals surface area (Å²) in [6.07, 6.45) is 2.61. The van der Waals surface area contributed by atoms with Gasteiger partial charge in [0, 0.05) is 25.3 Å². The zero-order valence-corrected chi connectivity index (χ0v) is 8.98. The van der Waals surface area contributed by atoms with Crippen molar-refractivity contribution in [2.75, 3.05) is 13.2 Å². The maximum Gasteiger partial charge on any atom is 0.257 e. The van der Waals surface area contributed by atoms with Gasteiger partial charge in [0.1, 0.15) is 0 Å². The third kappa shape index (κ3) is 2.55. The van der Waals surface area contributed by atoms with E-state index in [0.717, 1.165) is 13.0 Å². The Morgan fingerprint density at radius 3 is 3.00 bits per heavy atom. The fourth-order valence-electron chi connectivity index (χ4n) is 1.59. The van der Waals surface area contributed by atoms with Gasteiger partial charge < -0.3 is 4.74 Å². The predicted molar refractivity (Wildman–Crippen MR) is 52.5 cm³/mol. The van der Waals surface area contributed by atoms with Crippen molar-refractivity contribution in [3.63, 3.8) is 0 Å². The summed E-state index contributed by atoms with van der Waals surface area (Å²) in [6, 6.07) is 1.41. The quantitative estimate of drug-likeness (QED) is 0.764. The molecule has 0 aromatic carbocycles. The number of primary sulfonamides is 1. The number of sulfonamides is 1. The molecule has 2 N–H and O–H groups in total. The van der Waals surface area contributed by atoms with Gasteiger partial charge in [-0.15, -0.1) is 0 Å². The third-order valence-electron chi connectivity index (χ3n) is 2.38. The van der Waals surface area contributed by atoms with Crippen molar-refractivity contribution in [1.29, 1.82) is 0 Å². The molecule has 1 unspecified atom stereocenters. The van der Waals surface area contributed by atoms with Gasteiger partial charge in [-0.2, -0.15) is 5.10 Å². The monoisotopic (exact) mass is 231 g/mol. The van der Waals surface area contributed by atoms with Crippen LogP contribution >= 0.6 is 0 Å². The molecule has 0 spiro atoms. The van der Waals surface area contributed by atoms with Crippen LogP contribution in [0.15, 0.2) is 17.3 Å². The van der Waals surface area contributed by atoms with Crippen LogP contribution in [0.5, 0.6) is 0 Å². The van der Waals surface area contributed by atoms with E-state index >= 15 is 0 Å². The molecule has 0 radical (unpaired) electrons. The van der Waals surface area contributed by atoms with Crippen LogP contribution in [-0.4, -0.2) is 31.4 Å². The zero-order chi connectivity index (χ0) is 10.9. The van der Waals surface area contributed by atoms with E-state index in [0.29, 0.717) is 19.1 Å². The standard InChI is InChI=1S/C8H13N3O3S/c9-15(12,13)8-1-3-11(10-8)5-7-2-4-14-6-7/h1,3,7H,2,4-6H2,(H2,9,12,13). The molecule has 0 saturated carbocycles. The van der Waals surface area contributed by atoms with Crippen molar-refractivity contribution < 1.29 is 13.2 Å². The molecule has 1 saturated heterocycles. The molecule has 1 aromatic heterocycles. The van der Waals surface area contributed by atoms with E-state index in [-0.39, 0.29) is 5.03 Å². The first kappa shape index (κ1) is 10.6. The smallest absolute Gasteiger partial charge is 0.257 e. The van der Waals surface area contributed by atoms with Crippen LogP contribution < -0.4 is 5.14 Å². The van der Waals surface area contributed by atoms with Crippen LogP contribution in [0.4, 0.5) is 0 Å². The van der Waals surface area contributed by atoms with E-state index < -0.39 is 10.0 Å². The lowest BCUT2D eigenvalue weighted by atomic mass is 10.1. The van der Waals surface area contributed by atoms with Crippen LogP contribution in [0.3, 0.4) is 0 Å². The second-order valence-electron chi connectivity index (χ2n) is 3.65. The maximum absolute atomic E-state index is 11.0. The fraction of sp³-hybridized carbons (Fsp3) is 0.625. The average molecular weight is 231 g/mol. The molecule has 1 aliphatic rings. The maximum atomic E-state index is 11.0. The molecule has 2 heterocycles. The van der Waals surface area contributed by atoms with E-state index in [1.165, 1.54) is 6.07 Å². The van der Waals surface area contributed by atoms with Gasteiger partial charge in [0.2, 0.25) is 0 Å². The summed E-state index contributed by atoms with van der Waals surface area (Å²) >= 11 is 0. The van der Waals surface area contributed by atoms with Gasteiger partial charge in [0.25, 0.3) is 10.0 Å². The first-order chi connectivity index (χ1) is 7.05. The number of nitrogens with zero attached hydrogens (tertiary/aromatic N) is 2. The number of nitrogens with two attached hydrogens (primary N) is 1.